The van der Waals surface area contributed by atoms with Crippen LogP contribution in [0.2, 0.25) is 0 Å². The van der Waals surface area contributed by atoms with Crippen molar-refractivity contribution >= 4 is 16.3 Å². The monoisotopic (exact) mass is 393 g/mol. The zero-order valence-corrected chi connectivity index (χ0v) is 16.8. The van der Waals surface area contributed by atoms with Crippen LogP contribution in [-0.2, 0) is 6.42 Å². The van der Waals surface area contributed by atoms with Crippen molar-refractivity contribution in [1.82, 2.24) is 24.5 Å². The minimum absolute atomic E-state index is 0.0538. The van der Waals surface area contributed by atoms with Crippen molar-refractivity contribution < 1.29 is 5.11 Å². The Bertz CT molecular complexity index is 1040. The van der Waals surface area contributed by atoms with Crippen molar-refractivity contribution in [3.8, 4) is 5.88 Å². The molecule has 3 heterocycles. The van der Waals surface area contributed by atoms with Crippen molar-refractivity contribution in [2.24, 2.45) is 0 Å². The summed E-state index contributed by atoms with van der Waals surface area (Å²) >= 11 is 1.50. The van der Waals surface area contributed by atoms with E-state index in [1.807, 2.05) is 37.5 Å². The third-order valence-corrected chi connectivity index (χ3v) is 5.95. The van der Waals surface area contributed by atoms with Crippen LogP contribution in [0.5, 0.6) is 5.88 Å². The van der Waals surface area contributed by atoms with Gasteiger partial charge in [0.15, 0.2) is 0 Å². The van der Waals surface area contributed by atoms with E-state index in [2.05, 4.69) is 51.2 Å². The third kappa shape index (κ3) is 3.63. The molecule has 7 heteroatoms. The molecule has 28 heavy (non-hydrogen) atoms. The van der Waals surface area contributed by atoms with E-state index in [1.54, 1.807) is 4.52 Å². The van der Waals surface area contributed by atoms with E-state index in [0.29, 0.717) is 5.82 Å². The fourth-order valence-corrected chi connectivity index (χ4v) is 4.64. The van der Waals surface area contributed by atoms with Crippen LogP contribution in [0.3, 0.4) is 0 Å². The van der Waals surface area contributed by atoms with Crippen molar-refractivity contribution in [2.75, 3.05) is 13.1 Å². The summed E-state index contributed by atoms with van der Waals surface area (Å²) in [6, 6.07) is 14.4. The molecule has 0 aliphatic carbocycles. The molecule has 0 amide bonds. The smallest absolute Gasteiger partial charge is 0.230 e. The lowest BCUT2D eigenvalue weighted by Gasteiger charge is -2.30. The predicted octanol–water partition coefficient (Wildman–Crippen LogP) is 3.85. The Balaban J connectivity index is 1.71. The lowest BCUT2D eigenvalue weighted by molar-refractivity contribution is 0.238. The Kier molecular flexibility index (Phi) is 5.36. The number of pyridine rings is 1. The Morgan fingerprint density at radius 1 is 1.14 bits per heavy atom. The molecular formula is C21H23N5OS. The number of rotatable bonds is 7. The molecule has 0 aliphatic rings. The number of hydrogen-bond donors (Lipinski definition) is 1. The molecule has 1 aromatic carbocycles. The number of benzene rings is 1. The summed E-state index contributed by atoms with van der Waals surface area (Å²) in [5.41, 5.74) is 2.40. The van der Waals surface area contributed by atoms with Crippen molar-refractivity contribution in [1.29, 1.82) is 0 Å². The lowest BCUT2D eigenvalue weighted by Crippen LogP contribution is -2.31. The summed E-state index contributed by atoms with van der Waals surface area (Å²) in [5.74, 6) is 0.839. The van der Waals surface area contributed by atoms with Crippen LogP contribution < -0.4 is 0 Å². The molecule has 1 unspecified atom stereocenters. The molecule has 0 aliphatic heterocycles. The van der Waals surface area contributed by atoms with Gasteiger partial charge in [0.25, 0.3) is 0 Å². The van der Waals surface area contributed by atoms with Gasteiger partial charge in [-0.2, -0.15) is 4.52 Å². The number of hydrogen-bond acceptors (Lipinski definition) is 6. The molecule has 0 fully saturated rings. The van der Waals surface area contributed by atoms with Crippen LogP contribution in [0.25, 0.3) is 4.96 Å². The first kappa shape index (κ1) is 18.6. The molecular weight excluding hydrogens is 370 g/mol. The number of aromatic nitrogens is 4. The number of fused-ring (bicyclic) bond motifs is 1. The third-order valence-electron chi connectivity index (χ3n) is 4.88. The van der Waals surface area contributed by atoms with Crippen LogP contribution in [0.1, 0.15) is 34.8 Å². The van der Waals surface area contributed by atoms with Gasteiger partial charge in [-0.15, -0.1) is 5.10 Å². The van der Waals surface area contributed by atoms with Gasteiger partial charge in [0, 0.05) is 18.9 Å². The van der Waals surface area contributed by atoms with Gasteiger partial charge in [-0.1, -0.05) is 48.6 Å². The van der Waals surface area contributed by atoms with Gasteiger partial charge in [0.1, 0.15) is 5.82 Å². The fourth-order valence-electron chi connectivity index (χ4n) is 3.48. The van der Waals surface area contributed by atoms with Gasteiger partial charge in [0.2, 0.25) is 10.8 Å². The quantitative estimate of drug-likeness (QED) is 0.517. The van der Waals surface area contributed by atoms with Crippen LogP contribution in [0.15, 0.2) is 54.9 Å². The standard InChI is InChI=1S/C21H23N5OS/c1-3-25(14-11-16-9-12-22-13-10-16)18(17-7-5-4-6-8-17)19-20(27)26-21(28-19)23-15(2)24-26/h4-10,12-13,18,27H,3,11,14H2,1-2H3. The highest BCUT2D eigenvalue weighted by atomic mass is 32.1. The summed E-state index contributed by atoms with van der Waals surface area (Å²) in [7, 11) is 0. The van der Waals surface area contributed by atoms with E-state index in [4.69, 9.17) is 0 Å². The Morgan fingerprint density at radius 2 is 1.89 bits per heavy atom. The molecule has 0 radical (unpaired) electrons. The summed E-state index contributed by atoms with van der Waals surface area (Å²) in [4.78, 5) is 12.5. The van der Waals surface area contributed by atoms with E-state index >= 15 is 0 Å². The van der Waals surface area contributed by atoms with Crippen molar-refractivity contribution in [3.63, 3.8) is 0 Å². The first-order valence-electron chi connectivity index (χ1n) is 9.40. The topological polar surface area (TPSA) is 66.6 Å². The first-order chi connectivity index (χ1) is 13.7. The molecule has 144 valence electrons. The highest BCUT2D eigenvalue weighted by molar-refractivity contribution is 7.17. The second-order valence-electron chi connectivity index (χ2n) is 6.69. The minimum Gasteiger partial charge on any atom is -0.492 e. The summed E-state index contributed by atoms with van der Waals surface area (Å²) in [6.45, 7) is 5.71. The van der Waals surface area contributed by atoms with E-state index in [0.717, 1.165) is 34.9 Å². The highest BCUT2D eigenvalue weighted by Crippen LogP contribution is 2.39. The van der Waals surface area contributed by atoms with Crippen LogP contribution in [0.4, 0.5) is 0 Å². The second-order valence-corrected chi connectivity index (χ2v) is 7.70. The summed E-state index contributed by atoms with van der Waals surface area (Å²) in [6.07, 6.45) is 4.57. The maximum absolute atomic E-state index is 10.9. The van der Waals surface area contributed by atoms with Crippen LogP contribution in [-0.4, -0.2) is 42.7 Å². The number of likely N-dealkylation sites (N-methyl/N-ethyl adjacent to an activating group) is 1. The molecule has 0 saturated carbocycles. The highest BCUT2D eigenvalue weighted by Gasteiger charge is 2.28. The number of aryl methyl sites for hydroxylation is 1. The van der Waals surface area contributed by atoms with Crippen LogP contribution in [0, 0.1) is 6.92 Å². The number of thiazole rings is 1. The Morgan fingerprint density at radius 3 is 2.57 bits per heavy atom. The molecule has 0 saturated heterocycles. The molecule has 1 atom stereocenters. The zero-order chi connectivity index (χ0) is 19.5. The van der Waals surface area contributed by atoms with E-state index < -0.39 is 0 Å². The first-order valence-corrected chi connectivity index (χ1v) is 10.2. The van der Waals surface area contributed by atoms with Crippen molar-refractivity contribution in [2.45, 2.75) is 26.3 Å². The zero-order valence-electron chi connectivity index (χ0n) is 16.0. The lowest BCUT2D eigenvalue weighted by atomic mass is 10.0. The van der Waals surface area contributed by atoms with Crippen molar-refractivity contribution in [3.05, 3.63) is 76.7 Å². The van der Waals surface area contributed by atoms with E-state index in [1.165, 1.54) is 16.9 Å². The molecule has 0 spiro atoms. The molecule has 3 aromatic heterocycles. The molecule has 4 rings (SSSR count). The van der Waals surface area contributed by atoms with Gasteiger partial charge in [-0.3, -0.25) is 9.88 Å². The van der Waals surface area contributed by atoms with E-state index in [-0.39, 0.29) is 11.9 Å². The van der Waals surface area contributed by atoms with Gasteiger partial charge in [-0.25, -0.2) is 4.98 Å². The molecule has 0 bridgehead atoms. The average Bonchev–Trinajstić information content (AvgIpc) is 3.23. The van der Waals surface area contributed by atoms with Gasteiger partial charge < -0.3 is 5.11 Å². The molecule has 4 aromatic rings. The van der Waals surface area contributed by atoms with E-state index in [9.17, 15) is 5.11 Å². The number of aromatic hydroxyl groups is 1. The number of nitrogens with zero attached hydrogens (tertiary/aromatic N) is 5. The minimum atomic E-state index is -0.0538. The Hall–Kier alpha value is -2.77. The summed E-state index contributed by atoms with van der Waals surface area (Å²) < 4.78 is 1.54. The Labute approximate surface area is 168 Å². The molecule has 1 N–H and O–H groups in total. The summed E-state index contributed by atoms with van der Waals surface area (Å²) in [5, 5.41) is 15.2. The average molecular weight is 394 g/mol. The largest absolute Gasteiger partial charge is 0.492 e. The SMILES string of the molecule is CCN(CCc1ccncc1)C(c1ccccc1)c1sc2nc(C)nn2c1O. The second kappa shape index (κ2) is 8.08. The van der Waals surface area contributed by atoms with Gasteiger partial charge >= 0.3 is 0 Å². The maximum Gasteiger partial charge on any atom is 0.230 e. The van der Waals surface area contributed by atoms with Crippen LogP contribution >= 0.6 is 11.3 Å². The molecule has 6 nitrogen and oxygen atoms in total. The predicted molar refractivity (Wildman–Crippen MR) is 111 cm³/mol. The fraction of sp³-hybridized carbons (Fsp3) is 0.286. The van der Waals surface area contributed by atoms with Gasteiger partial charge in [0.05, 0.1) is 10.9 Å². The normalized spacial score (nSPS) is 12.7. The maximum atomic E-state index is 10.9. The van der Waals surface area contributed by atoms with Gasteiger partial charge in [-0.05, 0) is 43.1 Å².